The van der Waals surface area contributed by atoms with Gasteiger partial charge in [-0.25, -0.2) is 4.79 Å². The normalized spacial score (nSPS) is 19.5. The molecule has 1 atom stereocenters. The van der Waals surface area contributed by atoms with E-state index in [1.54, 1.807) is 31.2 Å². The smallest absolute Gasteiger partial charge is 0.326 e. The molecule has 9 heteroatoms. The Labute approximate surface area is 184 Å². The van der Waals surface area contributed by atoms with Gasteiger partial charge in [0, 0.05) is 5.56 Å². The molecule has 1 unspecified atom stereocenters. The molecule has 2 aromatic rings. The number of nitrogens with zero attached hydrogens (tertiary/aromatic N) is 1. The number of Topliss-reactive ketones (excluding diaryl/α,β-unsaturated/α-hetero) is 1. The summed E-state index contributed by atoms with van der Waals surface area (Å²) in [5.41, 5.74) is 0.624. The van der Waals surface area contributed by atoms with Gasteiger partial charge in [0.25, 0.3) is 5.91 Å². The van der Waals surface area contributed by atoms with Crippen molar-refractivity contribution in [3.63, 3.8) is 0 Å². The minimum atomic E-state index is -1.29. The van der Waals surface area contributed by atoms with Crippen molar-refractivity contribution < 1.29 is 33.4 Å². The first-order valence-corrected chi connectivity index (χ1v) is 10.1. The summed E-state index contributed by atoms with van der Waals surface area (Å²) < 4.78 is 15.9. The Hall–Kier alpha value is -3.88. The second-order valence-electron chi connectivity index (χ2n) is 7.75. The first-order chi connectivity index (χ1) is 15.3. The highest BCUT2D eigenvalue weighted by molar-refractivity contribution is 6.09. The third kappa shape index (κ3) is 4.01. The lowest BCUT2D eigenvalue weighted by Gasteiger charge is -2.22. The predicted octanol–water partition coefficient (Wildman–Crippen LogP) is 1.96. The van der Waals surface area contributed by atoms with Crippen LogP contribution in [-0.2, 0) is 19.9 Å². The van der Waals surface area contributed by atoms with E-state index in [4.69, 9.17) is 14.2 Å². The highest BCUT2D eigenvalue weighted by Crippen LogP contribution is 2.31. The van der Waals surface area contributed by atoms with Crippen molar-refractivity contribution in [2.75, 3.05) is 26.4 Å². The molecule has 1 N–H and O–H groups in total. The minimum Gasteiger partial charge on any atom is -0.486 e. The van der Waals surface area contributed by atoms with E-state index in [0.717, 1.165) is 10.5 Å². The molecular weight excluding hydrogens is 416 g/mol. The number of esters is 1. The Morgan fingerprint density at radius 3 is 2.47 bits per heavy atom. The fraction of sp³-hybridized carbons (Fsp3) is 0.304. The largest absolute Gasteiger partial charge is 0.486 e. The van der Waals surface area contributed by atoms with Gasteiger partial charge in [-0.3, -0.25) is 19.3 Å². The Bertz CT molecular complexity index is 1100. The van der Waals surface area contributed by atoms with Crippen molar-refractivity contribution in [1.82, 2.24) is 10.2 Å². The van der Waals surface area contributed by atoms with E-state index in [1.807, 2.05) is 19.1 Å². The minimum absolute atomic E-state index is 0.295. The lowest BCUT2D eigenvalue weighted by atomic mass is 9.91. The van der Waals surface area contributed by atoms with Gasteiger partial charge in [-0.2, -0.15) is 0 Å². The number of ketones is 1. The average Bonchev–Trinajstić information content (AvgIpc) is 3.01. The summed E-state index contributed by atoms with van der Waals surface area (Å²) in [6, 6.07) is 11.2. The fourth-order valence-electron chi connectivity index (χ4n) is 3.54. The zero-order valence-electron chi connectivity index (χ0n) is 17.7. The van der Waals surface area contributed by atoms with Crippen LogP contribution in [0.15, 0.2) is 42.5 Å². The maximum absolute atomic E-state index is 12.9. The number of imide groups is 1. The van der Waals surface area contributed by atoms with Gasteiger partial charge in [0.1, 0.15) is 25.3 Å². The number of hydrogen-bond donors (Lipinski definition) is 1. The first kappa shape index (κ1) is 21.4. The third-order valence-corrected chi connectivity index (χ3v) is 5.42. The highest BCUT2D eigenvalue weighted by atomic mass is 16.6. The standard InChI is InChI=1S/C23H22N2O7/c1-14-3-6-16(7-4-14)23(2)21(28)25(22(29)24-23)12-20(27)32-13-17(26)15-5-8-18-19(11-15)31-10-9-30-18/h3-8,11H,9-10,12-13H2,1-2H3,(H,24,29). The molecule has 0 spiro atoms. The highest BCUT2D eigenvalue weighted by Gasteiger charge is 2.49. The number of aryl methyl sites for hydroxylation is 1. The number of rotatable bonds is 6. The van der Waals surface area contributed by atoms with E-state index in [0.29, 0.717) is 35.8 Å². The monoisotopic (exact) mass is 438 g/mol. The molecule has 2 aliphatic heterocycles. The molecule has 0 radical (unpaired) electrons. The Kier molecular flexibility index (Phi) is 5.56. The van der Waals surface area contributed by atoms with Crippen molar-refractivity contribution in [3.05, 3.63) is 59.2 Å². The summed E-state index contributed by atoms with van der Waals surface area (Å²) >= 11 is 0. The van der Waals surface area contributed by atoms with Gasteiger partial charge >= 0.3 is 12.0 Å². The summed E-state index contributed by atoms with van der Waals surface area (Å²) in [5.74, 6) is -0.894. The number of hydrogen-bond acceptors (Lipinski definition) is 7. The van der Waals surface area contributed by atoms with Gasteiger partial charge in [-0.05, 0) is 37.6 Å². The number of benzene rings is 2. The number of amides is 3. The molecule has 9 nitrogen and oxygen atoms in total. The maximum Gasteiger partial charge on any atom is 0.326 e. The number of carbonyl (C=O) groups is 4. The van der Waals surface area contributed by atoms with Crippen LogP contribution in [0.3, 0.4) is 0 Å². The predicted molar refractivity (Wildman–Crippen MR) is 111 cm³/mol. The van der Waals surface area contributed by atoms with Crippen LogP contribution in [0.1, 0.15) is 28.4 Å². The molecule has 0 bridgehead atoms. The Balaban J connectivity index is 1.36. The van der Waals surface area contributed by atoms with Gasteiger partial charge in [0.05, 0.1) is 0 Å². The summed E-state index contributed by atoms with van der Waals surface area (Å²) in [4.78, 5) is 50.7. The van der Waals surface area contributed by atoms with Crippen molar-refractivity contribution in [2.45, 2.75) is 19.4 Å². The summed E-state index contributed by atoms with van der Waals surface area (Å²) in [6.45, 7) is 3.18. The van der Waals surface area contributed by atoms with E-state index < -0.39 is 42.4 Å². The maximum atomic E-state index is 12.9. The fourth-order valence-corrected chi connectivity index (χ4v) is 3.54. The van der Waals surface area contributed by atoms with Gasteiger partial charge in [0.2, 0.25) is 0 Å². The molecular formula is C23H22N2O7. The molecule has 32 heavy (non-hydrogen) atoms. The second kappa shape index (κ2) is 8.33. The van der Waals surface area contributed by atoms with Crippen molar-refractivity contribution in [3.8, 4) is 11.5 Å². The van der Waals surface area contributed by atoms with Gasteiger partial charge < -0.3 is 19.5 Å². The topological polar surface area (TPSA) is 111 Å². The van der Waals surface area contributed by atoms with Crippen LogP contribution < -0.4 is 14.8 Å². The SMILES string of the molecule is Cc1ccc(C2(C)NC(=O)N(CC(=O)OCC(=O)c3ccc4c(c3)OCCO4)C2=O)cc1. The molecule has 0 saturated carbocycles. The number of ether oxygens (including phenoxy) is 3. The number of carbonyl (C=O) groups excluding carboxylic acids is 4. The molecule has 0 aromatic heterocycles. The van der Waals surface area contributed by atoms with Crippen LogP contribution in [0, 0.1) is 6.92 Å². The van der Waals surface area contributed by atoms with E-state index in [1.165, 1.54) is 6.07 Å². The van der Waals surface area contributed by atoms with Crippen LogP contribution in [0.25, 0.3) is 0 Å². The Morgan fingerprint density at radius 2 is 1.75 bits per heavy atom. The van der Waals surface area contributed by atoms with Crippen molar-refractivity contribution >= 4 is 23.7 Å². The number of fused-ring (bicyclic) bond motifs is 1. The molecule has 1 fully saturated rings. The zero-order chi connectivity index (χ0) is 22.9. The Morgan fingerprint density at radius 1 is 1.06 bits per heavy atom. The van der Waals surface area contributed by atoms with Crippen LogP contribution in [0.5, 0.6) is 11.5 Å². The van der Waals surface area contributed by atoms with E-state index >= 15 is 0 Å². The molecule has 1 saturated heterocycles. The molecule has 3 amide bonds. The first-order valence-electron chi connectivity index (χ1n) is 10.1. The van der Waals surface area contributed by atoms with E-state index in [-0.39, 0.29) is 0 Å². The molecule has 4 rings (SSSR count). The zero-order valence-corrected chi connectivity index (χ0v) is 17.7. The van der Waals surface area contributed by atoms with Crippen LogP contribution in [0.4, 0.5) is 4.79 Å². The van der Waals surface area contributed by atoms with Gasteiger partial charge in [0.15, 0.2) is 23.9 Å². The van der Waals surface area contributed by atoms with Crippen LogP contribution in [-0.4, -0.2) is 55.0 Å². The van der Waals surface area contributed by atoms with Gasteiger partial charge in [-0.1, -0.05) is 29.8 Å². The summed E-state index contributed by atoms with van der Waals surface area (Å²) in [6.07, 6.45) is 0. The van der Waals surface area contributed by atoms with Crippen molar-refractivity contribution in [1.29, 1.82) is 0 Å². The molecule has 0 aliphatic carbocycles. The molecule has 2 aliphatic rings. The second-order valence-corrected chi connectivity index (χ2v) is 7.75. The molecule has 2 aromatic carbocycles. The third-order valence-electron chi connectivity index (χ3n) is 5.42. The van der Waals surface area contributed by atoms with E-state index in [2.05, 4.69) is 5.32 Å². The van der Waals surface area contributed by atoms with Crippen LogP contribution >= 0.6 is 0 Å². The molecule has 166 valence electrons. The summed E-state index contributed by atoms with van der Waals surface area (Å²) in [7, 11) is 0. The quantitative estimate of drug-likeness (QED) is 0.417. The average molecular weight is 438 g/mol. The van der Waals surface area contributed by atoms with Crippen molar-refractivity contribution in [2.24, 2.45) is 0 Å². The number of urea groups is 1. The lowest BCUT2D eigenvalue weighted by molar-refractivity contribution is -0.146. The lowest BCUT2D eigenvalue weighted by Crippen LogP contribution is -2.41. The summed E-state index contributed by atoms with van der Waals surface area (Å²) in [5, 5.41) is 2.63. The van der Waals surface area contributed by atoms with E-state index in [9.17, 15) is 19.2 Å². The molecule has 2 heterocycles. The number of nitrogens with one attached hydrogen (secondary N) is 1. The van der Waals surface area contributed by atoms with Gasteiger partial charge in [-0.15, -0.1) is 0 Å². The van der Waals surface area contributed by atoms with Crippen LogP contribution in [0.2, 0.25) is 0 Å².